The molecule has 0 radical (unpaired) electrons. The molecule has 6 heteroatoms. The third-order valence-electron chi connectivity index (χ3n) is 6.35. The van der Waals surface area contributed by atoms with E-state index in [4.69, 9.17) is 0 Å². The van der Waals surface area contributed by atoms with Gasteiger partial charge in [0.1, 0.15) is 11.6 Å². The molecule has 4 rings (SSSR count). The molecular formula is C20H31N5O. The van der Waals surface area contributed by atoms with Gasteiger partial charge in [-0.2, -0.15) is 0 Å². The zero-order valence-electron chi connectivity index (χ0n) is 15.9. The van der Waals surface area contributed by atoms with Crippen molar-refractivity contribution in [2.75, 3.05) is 32.7 Å². The summed E-state index contributed by atoms with van der Waals surface area (Å²) in [5.41, 5.74) is 0. The molecule has 0 N–H and O–H groups in total. The van der Waals surface area contributed by atoms with E-state index in [1.165, 1.54) is 51.7 Å². The van der Waals surface area contributed by atoms with Crippen LogP contribution in [0, 0.1) is 5.92 Å². The molecule has 26 heavy (non-hydrogen) atoms. The molecule has 1 atom stereocenters. The van der Waals surface area contributed by atoms with Crippen LogP contribution in [0.25, 0.3) is 0 Å². The molecule has 0 spiro atoms. The van der Waals surface area contributed by atoms with Crippen LogP contribution in [-0.2, 0) is 17.8 Å². The van der Waals surface area contributed by atoms with Crippen molar-refractivity contribution in [3.8, 4) is 0 Å². The van der Waals surface area contributed by atoms with E-state index >= 15 is 0 Å². The van der Waals surface area contributed by atoms with Crippen molar-refractivity contribution >= 4 is 5.91 Å². The highest BCUT2D eigenvalue weighted by molar-refractivity contribution is 5.73. The summed E-state index contributed by atoms with van der Waals surface area (Å²) in [6, 6.07) is 0. The minimum absolute atomic E-state index is 0.163. The van der Waals surface area contributed by atoms with Crippen molar-refractivity contribution < 1.29 is 4.79 Å². The number of carbonyl (C=O) groups excluding carboxylic acids is 1. The van der Waals surface area contributed by atoms with Gasteiger partial charge in [-0.3, -0.25) is 4.79 Å². The summed E-state index contributed by atoms with van der Waals surface area (Å²) >= 11 is 0. The lowest BCUT2D eigenvalue weighted by Crippen LogP contribution is -2.37. The van der Waals surface area contributed by atoms with E-state index in [0.29, 0.717) is 5.92 Å². The molecule has 0 unspecified atom stereocenters. The van der Waals surface area contributed by atoms with E-state index in [1.54, 1.807) is 6.92 Å². The maximum absolute atomic E-state index is 11.7. The van der Waals surface area contributed by atoms with Crippen molar-refractivity contribution in [3.05, 3.63) is 23.8 Å². The lowest BCUT2D eigenvalue weighted by Gasteiger charge is -2.34. The van der Waals surface area contributed by atoms with Gasteiger partial charge in [-0.15, -0.1) is 10.2 Å². The van der Waals surface area contributed by atoms with Gasteiger partial charge in [0, 0.05) is 45.4 Å². The number of allylic oxidation sites excluding steroid dienone is 2. The van der Waals surface area contributed by atoms with E-state index in [9.17, 15) is 4.79 Å². The summed E-state index contributed by atoms with van der Waals surface area (Å²) in [4.78, 5) is 16.3. The molecule has 1 amide bonds. The van der Waals surface area contributed by atoms with Crippen LogP contribution in [0.3, 0.4) is 0 Å². The Kier molecular flexibility index (Phi) is 5.38. The van der Waals surface area contributed by atoms with E-state index in [-0.39, 0.29) is 5.91 Å². The van der Waals surface area contributed by atoms with E-state index < -0.39 is 0 Å². The Morgan fingerprint density at radius 2 is 1.92 bits per heavy atom. The maximum Gasteiger partial charge on any atom is 0.219 e. The quantitative estimate of drug-likeness (QED) is 0.779. The van der Waals surface area contributed by atoms with E-state index in [2.05, 4.69) is 31.8 Å². The number of piperidine rings is 1. The van der Waals surface area contributed by atoms with Crippen LogP contribution in [-0.4, -0.2) is 63.2 Å². The Bertz CT molecular complexity index is 659. The fourth-order valence-electron chi connectivity index (χ4n) is 4.72. The first-order valence-corrected chi connectivity index (χ1v) is 10.3. The second-order valence-corrected chi connectivity index (χ2v) is 8.11. The fourth-order valence-corrected chi connectivity index (χ4v) is 4.72. The van der Waals surface area contributed by atoms with Crippen LogP contribution >= 0.6 is 0 Å². The molecule has 1 aliphatic carbocycles. The molecule has 3 heterocycles. The Labute approximate surface area is 156 Å². The number of hydrogen-bond donors (Lipinski definition) is 0. The van der Waals surface area contributed by atoms with Gasteiger partial charge in [0.25, 0.3) is 0 Å². The molecule has 3 aliphatic rings. The van der Waals surface area contributed by atoms with Crippen molar-refractivity contribution in [1.82, 2.24) is 24.6 Å². The molecular weight excluding hydrogens is 326 g/mol. The van der Waals surface area contributed by atoms with Crippen LogP contribution < -0.4 is 0 Å². The second kappa shape index (κ2) is 7.91. The summed E-state index contributed by atoms with van der Waals surface area (Å²) in [6.45, 7) is 7.64. The molecule has 142 valence electrons. The number of hydrogen-bond acceptors (Lipinski definition) is 4. The normalized spacial score (nSPS) is 25.1. The monoisotopic (exact) mass is 357 g/mol. The average Bonchev–Trinajstić information content (AvgIpc) is 2.94. The van der Waals surface area contributed by atoms with Crippen LogP contribution in [0.2, 0.25) is 0 Å². The lowest BCUT2D eigenvalue weighted by molar-refractivity contribution is -0.128. The zero-order valence-corrected chi connectivity index (χ0v) is 15.9. The largest absolute Gasteiger partial charge is 0.341 e. The third kappa shape index (κ3) is 3.85. The second-order valence-electron chi connectivity index (χ2n) is 8.11. The molecule has 0 bridgehead atoms. The molecule has 1 aromatic rings. The first-order chi connectivity index (χ1) is 12.7. The van der Waals surface area contributed by atoms with Gasteiger partial charge in [-0.05, 0) is 51.1 Å². The number of amides is 1. The minimum Gasteiger partial charge on any atom is -0.341 e. The Hall–Kier alpha value is -1.69. The van der Waals surface area contributed by atoms with Crippen molar-refractivity contribution in [1.29, 1.82) is 0 Å². The predicted octanol–water partition coefficient (Wildman–Crippen LogP) is 2.22. The summed E-state index contributed by atoms with van der Waals surface area (Å²) in [5, 5.41) is 9.01. The van der Waals surface area contributed by atoms with Gasteiger partial charge in [0.2, 0.25) is 5.91 Å². The summed E-state index contributed by atoms with van der Waals surface area (Å²) in [6.07, 6.45) is 11.7. The molecule has 0 aromatic carbocycles. The first kappa shape index (κ1) is 17.7. The van der Waals surface area contributed by atoms with Gasteiger partial charge in [0.15, 0.2) is 0 Å². The Morgan fingerprint density at radius 1 is 1.08 bits per heavy atom. The van der Waals surface area contributed by atoms with Gasteiger partial charge in [-0.25, -0.2) is 0 Å². The molecule has 1 aromatic heterocycles. The van der Waals surface area contributed by atoms with E-state index in [0.717, 1.165) is 43.6 Å². The molecule has 2 aliphatic heterocycles. The molecule has 1 saturated heterocycles. The van der Waals surface area contributed by atoms with E-state index in [1.807, 2.05) is 4.90 Å². The standard InChI is InChI=1S/C20H31N5O/c1-16(26)24-12-9-19-21-22-20(25(19)14-13-24)18-7-10-23(11-8-18)15-17-5-3-2-4-6-17/h2-3,17-18H,4-15H2,1H3/t17-/m1/s1. The summed E-state index contributed by atoms with van der Waals surface area (Å²) < 4.78 is 2.30. The number of likely N-dealkylation sites (tertiary alicyclic amines) is 1. The number of aromatic nitrogens is 3. The highest BCUT2D eigenvalue weighted by atomic mass is 16.2. The highest BCUT2D eigenvalue weighted by Crippen LogP contribution is 2.29. The zero-order chi connectivity index (χ0) is 17.9. The summed E-state index contributed by atoms with van der Waals surface area (Å²) in [7, 11) is 0. The van der Waals surface area contributed by atoms with Gasteiger partial charge >= 0.3 is 0 Å². The third-order valence-corrected chi connectivity index (χ3v) is 6.35. The molecule has 0 saturated carbocycles. The van der Waals surface area contributed by atoms with Crippen molar-refractivity contribution in [2.45, 2.75) is 57.9 Å². The Balaban J connectivity index is 1.35. The number of fused-ring (bicyclic) bond motifs is 1. The lowest BCUT2D eigenvalue weighted by atomic mass is 9.91. The van der Waals surface area contributed by atoms with Crippen LogP contribution in [0.5, 0.6) is 0 Å². The number of rotatable bonds is 3. The smallest absolute Gasteiger partial charge is 0.219 e. The fraction of sp³-hybridized carbons (Fsp3) is 0.750. The summed E-state index contributed by atoms with van der Waals surface area (Å²) in [5.74, 6) is 3.74. The van der Waals surface area contributed by atoms with Gasteiger partial charge in [0.05, 0.1) is 0 Å². The number of carbonyl (C=O) groups is 1. The maximum atomic E-state index is 11.7. The molecule has 1 fully saturated rings. The number of nitrogens with zero attached hydrogens (tertiary/aromatic N) is 5. The van der Waals surface area contributed by atoms with Gasteiger partial charge in [-0.1, -0.05) is 12.2 Å². The van der Waals surface area contributed by atoms with Crippen molar-refractivity contribution in [2.24, 2.45) is 5.92 Å². The average molecular weight is 358 g/mol. The van der Waals surface area contributed by atoms with Crippen LogP contribution in [0.15, 0.2) is 12.2 Å². The minimum atomic E-state index is 0.163. The SMILES string of the molecule is CC(=O)N1CCc2nnc(C3CCN(C[C@@H]4CC=CCC4)CC3)n2CC1. The predicted molar refractivity (Wildman–Crippen MR) is 101 cm³/mol. The molecule has 6 nitrogen and oxygen atoms in total. The van der Waals surface area contributed by atoms with Gasteiger partial charge < -0.3 is 14.4 Å². The topological polar surface area (TPSA) is 54.3 Å². The Morgan fingerprint density at radius 3 is 2.65 bits per heavy atom. The van der Waals surface area contributed by atoms with Crippen LogP contribution in [0.1, 0.15) is 56.6 Å². The van der Waals surface area contributed by atoms with Crippen molar-refractivity contribution in [3.63, 3.8) is 0 Å². The first-order valence-electron chi connectivity index (χ1n) is 10.3. The van der Waals surface area contributed by atoms with Crippen LogP contribution in [0.4, 0.5) is 0 Å². The highest BCUT2D eigenvalue weighted by Gasteiger charge is 2.28.